The van der Waals surface area contributed by atoms with Crippen molar-refractivity contribution in [1.82, 2.24) is 9.99 Å². The van der Waals surface area contributed by atoms with Gasteiger partial charge in [-0.1, -0.05) is 54.6 Å². The molecule has 5 rings (SSSR count). The molecule has 0 radical (unpaired) electrons. The summed E-state index contributed by atoms with van der Waals surface area (Å²) in [6, 6.07) is 29.5. The van der Waals surface area contributed by atoms with Crippen LogP contribution in [-0.4, -0.2) is 23.3 Å². The average molecular weight is 615 g/mol. The van der Waals surface area contributed by atoms with Crippen LogP contribution in [0.1, 0.15) is 28.4 Å². The molecule has 190 valence electrons. The molecule has 0 aliphatic carbocycles. The van der Waals surface area contributed by atoms with Crippen molar-refractivity contribution in [2.45, 2.75) is 13.5 Å². The van der Waals surface area contributed by atoms with Crippen molar-refractivity contribution >= 4 is 45.5 Å². The molecule has 0 saturated carbocycles. The molecule has 7 heteroatoms. The second kappa shape index (κ2) is 12.0. The van der Waals surface area contributed by atoms with Gasteiger partial charge in [-0.05, 0) is 87.8 Å². The number of para-hydroxylation sites is 1. The van der Waals surface area contributed by atoms with Gasteiger partial charge in [0, 0.05) is 12.4 Å². The molecule has 0 saturated heterocycles. The van der Waals surface area contributed by atoms with Gasteiger partial charge in [-0.15, -0.1) is 0 Å². The van der Waals surface area contributed by atoms with Crippen LogP contribution in [0.5, 0.6) is 11.5 Å². The van der Waals surface area contributed by atoms with Gasteiger partial charge in [0.15, 0.2) is 11.5 Å². The number of carbonyl (C=O) groups is 1. The predicted molar refractivity (Wildman–Crippen MR) is 159 cm³/mol. The highest BCUT2D eigenvalue weighted by atomic mass is 127. The smallest absolute Gasteiger partial charge is 0.273 e. The van der Waals surface area contributed by atoms with Crippen molar-refractivity contribution in [2.75, 3.05) is 6.61 Å². The Morgan fingerprint density at radius 1 is 0.947 bits per heavy atom. The fraction of sp³-hybridized carbons (Fsp3) is 0.0968. The lowest BCUT2D eigenvalue weighted by Crippen LogP contribution is -2.19. The minimum Gasteiger partial charge on any atom is -0.490 e. The zero-order valence-corrected chi connectivity index (χ0v) is 23.0. The molecule has 1 aromatic heterocycles. The second-order valence-corrected chi connectivity index (χ2v) is 9.66. The topological polar surface area (TPSA) is 64.8 Å². The van der Waals surface area contributed by atoms with E-state index in [9.17, 15) is 4.79 Å². The fourth-order valence-electron chi connectivity index (χ4n) is 4.25. The van der Waals surface area contributed by atoms with Gasteiger partial charge in [0.1, 0.15) is 6.61 Å². The van der Waals surface area contributed by atoms with E-state index in [0.29, 0.717) is 30.3 Å². The first-order chi connectivity index (χ1) is 18.6. The van der Waals surface area contributed by atoms with Crippen LogP contribution in [0, 0.1) is 3.57 Å². The Bertz CT molecular complexity index is 1590. The van der Waals surface area contributed by atoms with Crippen LogP contribution >= 0.6 is 22.6 Å². The first-order valence-corrected chi connectivity index (χ1v) is 13.3. The average Bonchev–Trinajstić information content (AvgIpc) is 3.48. The Labute approximate surface area is 235 Å². The molecule has 0 aliphatic heterocycles. The van der Waals surface area contributed by atoms with Gasteiger partial charge < -0.3 is 14.0 Å². The second-order valence-electron chi connectivity index (χ2n) is 8.50. The number of nitrogens with zero attached hydrogens (tertiary/aromatic N) is 2. The lowest BCUT2D eigenvalue weighted by molar-refractivity contribution is 0.0955. The Hall–Kier alpha value is -4.11. The molecule has 1 amide bonds. The number of fused-ring (bicyclic) bond motifs is 1. The summed E-state index contributed by atoms with van der Waals surface area (Å²) in [4.78, 5) is 12.9. The van der Waals surface area contributed by atoms with Crippen LogP contribution in [0.25, 0.3) is 16.5 Å². The molecule has 0 fully saturated rings. The summed E-state index contributed by atoms with van der Waals surface area (Å²) in [5.74, 6) is 1.02. The standard InChI is InChI=1S/C31H26IN3O3/c1-2-37-29-19-22(20-33-34-31(36)26-14-5-6-15-28(26)35-16-7-8-17-35)18-27(32)30(29)38-21-24-12-9-11-23-10-3-4-13-25(23)24/h3-20H,2,21H2,1H3,(H,34,36)/b33-20-. The van der Waals surface area contributed by atoms with E-state index in [-0.39, 0.29) is 5.91 Å². The van der Waals surface area contributed by atoms with E-state index in [1.54, 1.807) is 12.3 Å². The van der Waals surface area contributed by atoms with Gasteiger partial charge in [0.05, 0.1) is 27.6 Å². The molecule has 4 aromatic carbocycles. The normalized spacial score (nSPS) is 11.1. The molecule has 6 nitrogen and oxygen atoms in total. The largest absolute Gasteiger partial charge is 0.490 e. The SMILES string of the molecule is CCOc1cc(/C=N\NC(=O)c2ccccc2-n2cccc2)cc(I)c1OCc1cccc2ccccc12. The number of halogens is 1. The first kappa shape index (κ1) is 25.5. The van der Waals surface area contributed by atoms with Crippen LogP contribution in [0.4, 0.5) is 0 Å². The number of aromatic nitrogens is 1. The summed E-state index contributed by atoms with van der Waals surface area (Å²) in [6.45, 7) is 2.85. The van der Waals surface area contributed by atoms with Crippen LogP contribution in [0.2, 0.25) is 0 Å². The molecule has 0 aliphatic rings. The van der Waals surface area contributed by atoms with E-state index < -0.39 is 0 Å². The van der Waals surface area contributed by atoms with Crippen LogP contribution in [0.3, 0.4) is 0 Å². The van der Waals surface area contributed by atoms with E-state index in [4.69, 9.17) is 9.47 Å². The molecule has 0 unspecified atom stereocenters. The van der Waals surface area contributed by atoms with Gasteiger partial charge >= 0.3 is 0 Å². The number of carbonyl (C=O) groups excluding carboxylic acids is 1. The molecule has 5 aromatic rings. The van der Waals surface area contributed by atoms with Gasteiger partial charge in [0.25, 0.3) is 5.91 Å². The Kier molecular flexibility index (Phi) is 8.04. The monoisotopic (exact) mass is 615 g/mol. The maximum atomic E-state index is 12.9. The van der Waals surface area contributed by atoms with E-state index in [2.05, 4.69) is 57.4 Å². The highest BCUT2D eigenvalue weighted by molar-refractivity contribution is 14.1. The van der Waals surface area contributed by atoms with Crippen molar-refractivity contribution in [3.63, 3.8) is 0 Å². The third kappa shape index (κ3) is 5.73. The number of amides is 1. The number of hydrogen-bond acceptors (Lipinski definition) is 4. The summed E-state index contributed by atoms with van der Waals surface area (Å²) >= 11 is 2.24. The Balaban J connectivity index is 1.32. The maximum absolute atomic E-state index is 12.9. The summed E-state index contributed by atoms with van der Waals surface area (Å²) in [7, 11) is 0. The molecular weight excluding hydrogens is 589 g/mol. The molecule has 1 heterocycles. The molecule has 0 spiro atoms. The Morgan fingerprint density at radius 3 is 2.55 bits per heavy atom. The zero-order valence-electron chi connectivity index (χ0n) is 20.8. The van der Waals surface area contributed by atoms with Crippen LogP contribution in [0.15, 0.2) is 108 Å². The predicted octanol–water partition coefficient (Wildman–Crippen LogP) is 6.98. The number of hydrogen-bond donors (Lipinski definition) is 1. The minimum absolute atomic E-state index is 0.291. The van der Waals surface area contributed by atoms with Crippen molar-refractivity contribution in [3.8, 4) is 17.2 Å². The molecular formula is C31H26IN3O3. The van der Waals surface area contributed by atoms with E-state index in [1.165, 1.54) is 10.8 Å². The molecule has 0 atom stereocenters. The van der Waals surface area contributed by atoms with Gasteiger partial charge in [-0.2, -0.15) is 5.10 Å². The van der Waals surface area contributed by atoms with Gasteiger partial charge in [-0.25, -0.2) is 5.43 Å². The molecule has 38 heavy (non-hydrogen) atoms. The summed E-state index contributed by atoms with van der Waals surface area (Å²) in [5.41, 5.74) is 5.85. The third-order valence-electron chi connectivity index (χ3n) is 5.99. The number of ether oxygens (including phenoxy) is 2. The minimum atomic E-state index is -0.291. The number of rotatable bonds is 9. The lowest BCUT2D eigenvalue weighted by atomic mass is 10.1. The lowest BCUT2D eigenvalue weighted by Gasteiger charge is -2.15. The zero-order chi connectivity index (χ0) is 26.3. The van der Waals surface area contributed by atoms with Crippen molar-refractivity contribution in [1.29, 1.82) is 0 Å². The maximum Gasteiger partial charge on any atom is 0.273 e. The summed E-state index contributed by atoms with van der Waals surface area (Å²) in [6.07, 6.45) is 5.41. The van der Waals surface area contributed by atoms with Crippen LogP contribution < -0.4 is 14.9 Å². The quantitative estimate of drug-likeness (QED) is 0.111. The van der Waals surface area contributed by atoms with E-state index in [1.807, 2.05) is 84.5 Å². The Morgan fingerprint density at radius 2 is 1.71 bits per heavy atom. The molecule has 0 bridgehead atoms. The summed E-state index contributed by atoms with van der Waals surface area (Å²) in [5, 5.41) is 6.55. The number of nitrogens with one attached hydrogen (secondary N) is 1. The van der Waals surface area contributed by atoms with Crippen molar-refractivity contribution in [2.24, 2.45) is 5.10 Å². The number of hydrazone groups is 1. The third-order valence-corrected chi connectivity index (χ3v) is 6.80. The van der Waals surface area contributed by atoms with Crippen molar-refractivity contribution < 1.29 is 14.3 Å². The van der Waals surface area contributed by atoms with E-state index in [0.717, 1.165) is 20.4 Å². The van der Waals surface area contributed by atoms with Gasteiger partial charge in [0.2, 0.25) is 0 Å². The highest BCUT2D eigenvalue weighted by Gasteiger charge is 2.14. The van der Waals surface area contributed by atoms with Crippen molar-refractivity contribution in [3.05, 3.63) is 124 Å². The summed E-state index contributed by atoms with van der Waals surface area (Å²) < 4.78 is 15.0. The van der Waals surface area contributed by atoms with E-state index >= 15 is 0 Å². The highest BCUT2D eigenvalue weighted by Crippen LogP contribution is 2.35. The molecule has 1 N–H and O–H groups in total. The first-order valence-electron chi connectivity index (χ1n) is 12.3. The van der Waals surface area contributed by atoms with Crippen LogP contribution in [-0.2, 0) is 6.61 Å². The number of benzene rings is 4. The fourth-order valence-corrected chi connectivity index (χ4v) is 5.03. The van der Waals surface area contributed by atoms with Gasteiger partial charge in [-0.3, -0.25) is 4.79 Å².